The molecule has 2 heteroatoms. The van der Waals surface area contributed by atoms with Crippen molar-refractivity contribution in [2.24, 2.45) is 11.1 Å². The molecule has 0 bridgehead atoms. The van der Waals surface area contributed by atoms with E-state index in [-0.39, 0.29) is 11.6 Å². The van der Waals surface area contributed by atoms with Gasteiger partial charge in [-0.3, -0.25) is 0 Å². The smallest absolute Gasteiger partial charge is 0.0832 e. The SMILES string of the molecule is C=CCCCCCC(N)C1(OCC)CCC(C)(C)CC1. The average Bonchev–Trinajstić information content (AvgIpc) is 2.41. The van der Waals surface area contributed by atoms with Crippen molar-refractivity contribution in [3.05, 3.63) is 12.7 Å². The molecule has 0 aromatic carbocycles. The van der Waals surface area contributed by atoms with Gasteiger partial charge in [-0.25, -0.2) is 0 Å². The number of rotatable bonds is 9. The zero-order chi connectivity index (χ0) is 15.1. The molecule has 1 rings (SSSR count). The highest BCUT2D eigenvalue weighted by molar-refractivity contribution is 4.97. The first-order chi connectivity index (χ1) is 9.46. The zero-order valence-electron chi connectivity index (χ0n) is 13.9. The second-order valence-corrected chi connectivity index (χ2v) is 7.20. The van der Waals surface area contributed by atoms with Crippen LogP contribution in [0.4, 0.5) is 0 Å². The van der Waals surface area contributed by atoms with Gasteiger partial charge in [0.2, 0.25) is 0 Å². The summed E-state index contributed by atoms with van der Waals surface area (Å²) < 4.78 is 6.16. The van der Waals surface area contributed by atoms with Crippen molar-refractivity contribution < 1.29 is 4.74 Å². The molecule has 1 atom stereocenters. The van der Waals surface area contributed by atoms with Crippen LogP contribution < -0.4 is 5.73 Å². The summed E-state index contributed by atoms with van der Waals surface area (Å²) in [4.78, 5) is 0. The van der Waals surface area contributed by atoms with E-state index in [1.165, 1.54) is 32.1 Å². The Balaban J connectivity index is 2.46. The van der Waals surface area contributed by atoms with Gasteiger partial charge in [0.05, 0.1) is 5.60 Å². The van der Waals surface area contributed by atoms with E-state index in [0.717, 1.165) is 32.3 Å². The van der Waals surface area contributed by atoms with Gasteiger partial charge in [-0.2, -0.15) is 0 Å². The van der Waals surface area contributed by atoms with Crippen molar-refractivity contribution in [3.63, 3.8) is 0 Å². The van der Waals surface area contributed by atoms with Gasteiger partial charge in [-0.1, -0.05) is 32.8 Å². The minimum atomic E-state index is -0.0529. The van der Waals surface area contributed by atoms with E-state index >= 15 is 0 Å². The van der Waals surface area contributed by atoms with Crippen LogP contribution >= 0.6 is 0 Å². The largest absolute Gasteiger partial charge is 0.374 e. The van der Waals surface area contributed by atoms with E-state index in [0.29, 0.717) is 5.41 Å². The molecule has 0 heterocycles. The lowest BCUT2D eigenvalue weighted by Gasteiger charge is -2.46. The molecular formula is C18H35NO. The molecule has 0 aromatic heterocycles. The fourth-order valence-corrected chi connectivity index (χ4v) is 3.35. The van der Waals surface area contributed by atoms with Gasteiger partial charge in [0, 0.05) is 12.6 Å². The first-order valence-corrected chi connectivity index (χ1v) is 8.46. The summed E-state index contributed by atoms with van der Waals surface area (Å²) in [6.45, 7) is 11.4. The molecule has 20 heavy (non-hydrogen) atoms. The first-order valence-electron chi connectivity index (χ1n) is 8.46. The molecule has 0 aromatic rings. The van der Waals surface area contributed by atoms with Gasteiger partial charge in [0.25, 0.3) is 0 Å². The van der Waals surface area contributed by atoms with E-state index in [2.05, 4.69) is 27.4 Å². The van der Waals surface area contributed by atoms with Crippen molar-refractivity contribution in [1.82, 2.24) is 0 Å². The third kappa shape index (κ3) is 5.21. The van der Waals surface area contributed by atoms with Crippen LogP contribution in [0.1, 0.15) is 78.6 Å². The maximum absolute atomic E-state index is 6.53. The normalized spacial score (nSPS) is 22.4. The lowest BCUT2D eigenvalue weighted by Crippen LogP contribution is -2.53. The number of unbranched alkanes of at least 4 members (excludes halogenated alkanes) is 3. The van der Waals surface area contributed by atoms with Crippen LogP contribution in [0.15, 0.2) is 12.7 Å². The highest BCUT2D eigenvalue weighted by atomic mass is 16.5. The van der Waals surface area contributed by atoms with Gasteiger partial charge in [-0.05, 0) is 57.3 Å². The molecule has 0 aliphatic heterocycles. The molecule has 0 amide bonds. The maximum atomic E-state index is 6.53. The van der Waals surface area contributed by atoms with Gasteiger partial charge in [0.15, 0.2) is 0 Å². The predicted octanol–water partition coefficient (Wildman–Crippen LogP) is 4.83. The van der Waals surface area contributed by atoms with Crippen molar-refractivity contribution >= 4 is 0 Å². The Morgan fingerprint density at radius 1 is 1.15 bits per heavy atom. The fourth-order valence-electron chi connectivity index (χ4n) is 3.35. The zero-order valence-corrected chi connectivity index (χ0v) is 13.9. The molecule has 0 saturated heterocycles. The number of allylic oxidation sites excluding steroid dienone is 1. The summed E-state index contributed by atoms with van der Waals surface area (Å²) in [5.41, 5.74) is 6.94. The Bertz CT molecular complexity index is 275. The molecule has 2 nitrogen and oxygen atoms in total. The molecule has 1 saturated carbocycles. The molecule has 1 aliphatic rings. The second-order valence-electron chi connectivity index (χ2n) is 7.20. The predicted molar refractivity (Wildman–Crippen MR) is 87.9 cm³/mol. The molecule has 0 radical (unpaired) electrons. The Labute approximate surface area is 126 Å². The van der Waals surface area contributed by atoms with Crippen molar-refractivity contribution in [2.75, 3.05) is 6.61 Å². The van der Waals surface area contributed by atoms with E-state index in [1.54, 1.807) is 0 Å². The summed E-state index contributed by atoms with van der Waals surface area (Å²) in [6.07, 6.45) is 12.7. The third-order valence-electron chi connectivity index (χ3n) is 4.98. The van der Waals surface area contributed by atoms with Crippen LogP contribution in [-0.4, -0.2) is 18.2 Å². The Hall–Kier alpha value is -0.340. The van der Waals surface area contributed by atoms with E-state index in [4.69, 9.17) is 10.5 Å². The summed E-state index contributed by atoms with van der Waals surface area (Å²) in [7, 11) is 0. The fraction of sp³-hybridized carbons (Fsp3) is 0.889. The Morgan fingerprint density at radius 3 is 2.35 bits per heavy atom. The van der Waals surface area contributed by atoms with Crippen molar-refractivity contribution in [3.8, 4) is 0 Å². The second kappa shape index (κ2) is 8.19. The van der Waals surface area contributed by atoms with Crippen LogP contribution in [0.3, 0.4) is 0 Å². The molecular weight excluding hydrogens is 246 g/mol. The van der Waals surface area contributed by atoms with Crippen LogP contribution in [0.2, 0.25) is 0 Å². The van der Waals surface area contributed by atoms with E-state index in [9.17, 15) is 0 Å². The lowest BCUT2D eigenvalue weighted by molar-refractivity contribution is -0.100. The van der Waals surface area contributed by atoms with E-state index < -0.39 is 0 Å². The Kier molecular flexibility index (Phi) is 7.25. The van der Waals surface area contributed by atoms with Crippen molar-refractivity contribution in [1.29, 1.82) is 0 Å². The summed E-state index contributed by atoms with van der Waals surface area (Å²) >= 11 is 0. The standard InChI is InChI=1S/C18H35NO/c1-5-7-8-9-10-11-16(19)18(20-6-2)14-12-17(3,4)13-15-18/h5,16H,1,6-15,19H2,2-4H3. The monoisotopic (exact) mass is 281 g/mol. The summed E-state index contributed by atoms with van der Waals surface area (Å²) in [5.74, 6) is 0. The van der Waals surface area contributed by atoms with Gasteiger partial charge >= 0.3 is 0 Å². The summed E-state index contributed by atoms with van der Waals surface area (Å²) in [5, 5.41) is 0. The minimum Gasteiger partial charge on any atom is -0.374 e. The Morgan fingerprint density at radius 2 is 1.80 bits per heavy atom. The average molecular weight is 281 g/mol. The topological polar surface area (TPSA) is 35.2 Å². The quantitative estimate of drug-likeness (QED) is 0.485. The molecule has 1 fully saturated rings. The third-order valence-corrected chi connectivity index (χ3v) is 4.98. The van der Waals surface area contributed by atoms with Gasteiger partial charge in [0.1, 0.15) is 0 Å². The molecule has 1 unspecified atom stereocenters. The number of ether oxygens (including phenoxy) is 1. The molecule has 0 spiro atoms. The van der Waals surface area contributed by atoms with Gasteiger partial charge < -0.3 is 10.5 Å². The number of hydrogen-bond acceptors (Lipinski definition) is 2. The minimum absolute atomic E-state index is 0.0529. The maximum Gasteiger partial charge on any atom is 0.0832 e. The summed E-state index contributed by atoms with van der Waals surface area (Å²) in [6, 6.07) is 0.197. The van der Waals surface area contributed by atoms with E-state index in [1.807, 2.05) is 6.08 Å². The highest BCUT2D eigenvalue weighted by Crippen LogP contribution is 2.44. The van der Waals surface area contributed by atoms with Crippen LogP contribution in [0.25, 0.3) is 0 Å². The lowest BCUT2D eigenvalue weighted by atomic mass is 9.68. The molecule has 1 aliphatic carbocycles. The van der Waals surface area contributed by atoms with Crippen LogP contribution in [-0.2, 0) is 4.74 Å². The highest BCUT2D eigenvalue weighted by Gasteiger charge is 2.42. The van der Waals surface area contributed by atoms with Gasteiger partial charge in [-0.15, -0.1) is 6.58 Å². The van der Waals surface area contributed by atoms with Crippen LogP contribution in [0, 0.1) is 5.41 Å². The van der Waals surface area contributed by atoms with Crippen LogP contribution in [0.5, 0.6) is 0 Å². The van der Waals surface area contributed by atoms with Crippen molar-refractivity contribution in [2.45, 2.75) is 90.2 Å². The number of nitrogens with two attached hydrogens (primary N) is 1. The molecule has 118 valence electrons. The molecule has 2 N–H and O–H groups in total. The number of hydrogen-bond donors (Lipinski definition) is 1. The first kappa shape index (κ1) is 17.7.